The van der Waals surface area contributed by atoms with Gasteiger partial charge in [-0.3, -0.25) is 4.79 Å². The lowest BCUT2D eigenvalue weighted by Crippen LogP contribution is -2.14. The smallest absolute Gasteiger partial charge is 0.234 e. The summed E-state index contributed by atoms with van der Waals surface area (Å²) in [5.41, 5.74) is 3.69. The maximum atomic E-state index is 12.4. The maximum absolute atomic E-state index is 12.4. The van der Waals surface area contributed by atoms with E-state index in [1.807, 2.05) is 54.6 Å². The zero-order chi connectivity index (χ0) is 20.2. The molecule has 6 nitrogen and oxygen atoms in total. The molecule has 7 heteroatoms. The molecule has 1 amide bonds. The summed E-state index contributed by atoms with van der Waals surface area (Å²) < 4.78 is 1.78. The summed E-state index contributed by atoms with van der Waals surface area (Å²) in [4.78, 5) is 21.1. The molecular weight excluding hydrogens is 382 g/mol. The molecule has 0 radical (unpaired) electrons. The number of amides is 1. The minimum absolute atomic E-state index is 0.0745. The van der Waals surface area contributed by atoms with Crippen molar-refractivity contribution in [1.82, 2.24) is 19.7 Å². The van der Waals surface area contributed by atoms with Gasteiger partial charge < -0.3 is 5.32 Å². The number of rotatable bonds is 6. The number of fused-ring (bicyclic) bond motifs is 1. The van der Waals surface area contributed by atoms with E-state index in [1.54, 1.807) is 10.9 Å². The van der Waals surface area contributed by atoms with Crippen molar-refractivity contribution in [2.24, 2.45) is 0 Å². The molecule has 0 saturated heterocycles. The number of nitrogens with zero attached hydrogens (tertiary/aromatic N) is 4. The molecule has 0 aliphatic carbocycles. The first kappa shape index (κ1) is 19.1. The van der Waals surface area contributed by atoms with Crippen molar-refractivity contribution in [3.63, 3.8) is 0 Å². The van der Waals surface area contributed by atoms with Crippen LogP contribution in [0.1, 0.15) is 25.3 Å². The monoisotopic (exact) mass is 403 g/mol. The summed E-state index contributed by atoms with van der Waals surface area (Å²) in [7, 11) is 0. The molecule has 0 saturated carbocycles. The Morgan fingerprint density at radius 2 is 1.83 bits per heavy atom. The van der Waals surface area contributed by atoms with Gasteiger partial charge in [-0.25, -0.2) is 14.6 Å². The van der Waals surface area contributed by atoms with Gasteiger partial charge in [0.1, 0.15) is 11.4 Å². The Balaban J connectivity index is 1.46. The quantitative estimate of drug-likeness (QED) is 0.374. The second kappa shape index (κ2) is 8.45. The van der Waals surface area contributed by atoms with Gasteiger partial charge in [-0.05, 0) is 35.7 Å². The third kappa shape index (κ3) is 4.30. The van der Waals surface area contributed by atoms with Crippen LogP contribution in [0.3, 0.4) is 0 Å². The molecule has 2 aromatic heterocycles. The fourth-order valence-electron chi connectivity index (χ4n) is 2.98. The molecule has 0 aliphatic heterocycles. The molecule has 0 fully saturated rings. The molecule has 29 heavy (non-hydrogen) atoms. The summed E-state index contributed by atoms with van der Waals surface area (Å²) in [6.45, 7) is 4.29. The normalized spacial score (nSPS) is 11.1. The van der Waals surface area contributed by atoms with Crippen LogP contribution in [0.2, 0.25) is 0 Å². The highest BCUT2D eigenvalue weighted by Crippen LogP contribution is 2.26. The third-order valence-corrected chi connectivity index (χ3v) is 5.54. The van der Waals surface area contributed by atoms with Crippen LogP contribution in [0, 0.1) is 0 Å². The third-order valence-electron chi connectivity index (χ3n) is 4.53. The largest absolute Gasteiger partial charge is 0.325 e. The standard InChI is InChI=1S/C22H21N5OS/c1-15(2)16-8-10-17(11-9-16)26-20(28)13-29-22-19-12-25-27(21(19)23-14-24-22)18-6-4-3-5-7-18/h3-12,14-15H,13H2,1-2H3,(H,26,28). The molecule has 1 N–H and O–H groups in total. The molecule has 0 bridgehead atoms. The molecule has 2 heterocycles. The minimum Gasteiger partial charge on any atom is -0.325 e. The summed E-state index contributed by atoms with van der Waals surface area (Å²) in [6.07, 6.45) is 3.25. The van der Waals surface area contributed by atoms with Crippen molar-refractivity contribution in [3.05, 3.63) is 72.7 Å². The number of benzene rings is 2. The van der Waals surface area contributed by atoms with Gasteiger partial charge in [0, 0.05) is 5.69 Å². The van der Waals surface area contributed by atoms with E-state index in [1.165, 1.54) is 23.7 Å². The fourth-order valence-corrected chi connectivity index (χ4v) is 3.74. The van der Waals surface area contributed by atoms with Crippen LogP contribution >= 0.6 is 11.8 Å². The maximum Gasteiger partial charge on any atom is 0.234 e. The predicted molar refractivity (Wildman–Crippen MR) is 117 cm³/mol. The van der Waals surface area contributed by atoms with Crippen LogP contribution in [0.5, 0.6) is 0 Å². The fraction of sp³-hybridized carbons (Fsp3) is 0.182. The van der Waals surface area contributed by atoms with Crippen LogP contribution < -0.4 is 5.32 Å². The average Bonchev–Trinajstić information content (AvgIpc) is 3.18. The van der Waals surface area contributed by atoms with E-state index in [0.29, 0.717) is 5.92 Å². The van der Waals surface area contributed by atoms with Crippen LogP contribution in [0.4, 0.5) is 5.69 Å². The van der Waals surface area contributed by atoms with Crippen molar-refractivity contribution in [2.75, 3.05) is 11.1 Å². The highest BCUT2D eigenvalue weighted by molar-refractivity contribution is 8.00. The Morgan fingerprint density at radius 1 is 1.07 bits per heavy atom. The first-order chi connectivity index (χ1) is 14.1. The van der Waals surface area contributed by atoms with Crippen molar-refractivity contribution in [3.8, 4) is 5.69 Å². The SMILES string of the molecule is CC(C)c1ccc(NC(=O)CSc2ncnc3c2cnn3-c2ccccc2)cc1. The van der Waals surface area contributed by atoms with Gasteiger partial charge in [0.25, 0.3) is 0 Å². The Hall–Kier alpha value is -3.19. The van der Waals surface area contributed by atoms with Crippen LogP contribution in [0.15, 0.2) is 72.1 Å². The zero-order valence-electron chi connectivity index (χ0n) is 16.2. The van der Waals surface area contributed by atoms with Crippen molar-refractivity contribution >= 4 is 34.4 Å². The lowest BCUT2D eigenvalue weighted by atomic mass is 10.0. The molecule has 2 aromatic carbocycles. The topological polar surface area (TPSA) is 72.7 Å². The molecular formula is C22H21N5OS. The summed E-state index contributed by atoms with van der Waals surface area (Å²) >= 11 is 1.38. The number of hydrogen-bond acceptors (Lipinski definition) is 5. The second-order valence-electron chi connectivity index (χ2n) is 6.92. The summed E-state index contributed by atoms with van der Waals surface area (Å²) in [6, 6.07) is 17.8. The number of thioether (sulfide) groups is 1. The van der Waals surface area contributed by atoms with Gasteiger partial charge in [-0.1, -0.05) is 55.9 Å². The molecule has 4 aromatic rings. The molecule has 0 aliphatic rings. The van der Waals surface area contributed by atoms with Gasteiger partial charge in [0.15, 0.2) is 5.65 Å². The van der Waals surface area contributed by atoms with Gasteiger partial charge in [-0.15, -0.1) is 0 Å². The Bertz CT molecular complexity index is 1120. The van der Waals surface area contributed by atoms with Crippen LogP contribution in [-0.4, -0.2) is 31.4 Å². The number of nitrogens with one attached hydrogen (secondary N) is 1. The number of carbonyl (C=O) groups excluding carboxylic acids is 1. The van der Waals surface area contributed by atoms with Crippen molar-refractivity contribution in [1.29, 1.82) is 0 Å². The first-order valence-corrected chi connectivity index (χ1v) is 10.4. The lowest BCUT2D eigenvalue weighted by molar-refractivity contribution is -0.113. The predicted octanol–water partition coefficient (Wildman–Crippen LogP) is 4.67. The number of carbonyl (C=O) groups is 1. The summed E-state index contributed by atoms with van der Waals surface area (Å²) in [5, 5.41) is 8.94. The zero-order valence-corrected chi connectivity index (χ0v) is 17.1. The van der Waals surface area contributed by atoms with Gasteiger partial charge >= 0.3 is 0 Å². The molecule has 4 rings (SSSR count). The number of anilines is 1. The highest BCUT2D eigenvalue weighted by atomic mass is 32.2. The van der Waals surface area contributed by atoms with Crippen LogP contribution in [-0.2, 0) is 4.79 Å². The lowest BCUT2D eigenvalue weighted by Gasteiger charge is -2.08. The van der Waals surface area contributed by atoms with E-state index in [9.17, 15) is 4.79 Å². The van der Waals surface area contributed by atoms with E-state index in [4.69, 9.17) is 0 Å². The highest BCUT2D eigenvalue weighted by Gasteiger charge is 2.13. The average molecular weight is 404 g/mol. The second-order valence-corrected chi connectivity index (χ2v) is 7.89. The summed E-state index contributed by atoms with van der Waals surface area (Å²) in [5.74, 6) is 0.649. The molecule has 146 valence electrons. The van der Waals surface area contributed by atoms with Gasteiger partial charge in [0.2, 0.25) is 5.91 Å². The van der Waals surface area contributed by atoms with E-state index in [2.05, 4.69) is 34.2 Å². The van der Waals surface area contributed by atoms with Crippen LogP contribution in [0.25, 0.3) is 16.7 Å². The minimum atomic E-state index is -0.0745. The Kier molecular flexibility index (Phi) is 5.57. The number of para-hydroxylation sites is 1. The van der Waals surface area contributed by atoms with E-state index in [-0.39, 0.29) is 11.7 Å². The van der Waals surface area contributed by atoms with Gasteiger partial charge in [-0.2, -0.15) is 5.10 Å². The molecule has 0 spiro atoms. The number of aromatic nitrogens is 4. The van der Waals surface area contributed by atoms with Crippen molar-refractivity contribution in [2.45, 2.75) is 24.8 Å². The molecule has 0 unspecified atom stereocenters. The first-order valence-electron chi connectivity index (χ1n) is 9.38. The Labute approximate surface area is 173 Å². The van der Waals surface area contributed by atoms with E-state index < -0.39 is 0 Å². The van der Waals surface area contributed by atoms with E-state index in [0.717, 1.165) is 27.4 Å². The van der Waals surface area contributed by atoms with Crippen molar-refractivity contribution < 1.29 is 4.79 Å². The van der Waals surface area contributed by atoms with E-state index >= 15 is 0 Å². The number of hydrogen-bond donors (Lipinski definition) is 1. The Morgan fingerprint density at radius 3 is 2.55 bits per heavy atom. The van der Waals surface area contributed by atoms with Gasteiger partial charge in [0.05, 0.1) is 23.0 Å². The molecule has 0 atom stereocenters.